The largest absolute Gasteiger partial charge is 0.368 e. The number of piperazine rings is 1. The van der Waals surface area contributed by atoms with E-state index >= 15 is 0 Å². The van der Waals surface area contributed by atoms with Gasteiger partial charge in [-0.1, -0.05) is 17.7 Å². The Morgan fingerprint density at radius 3 is 2.36 bits per heavy atom. The smallest absolute Gasteiger partial charge is 0.286 e. The van der Waals surface area contributed by atoms with Gasteiger partial charge in [0, 0.05) is 37.4 Å². The normalized spacial score (nSPS) is 18.8. The highest BCUT2D eigenvalue weighted by atomic mass is 35.5. The Morgan fingerprint density at radius 1 is 1.00 bits per heavy atom. The van der Waals surface area contributed by atoms with Crippen molar-refractivity contribution in [3.8, 4) is 0 Å². The molecule has 0 radical (unpaired) electrons. The first kappa shape index (κ1) is 19.0. The Balaban J connectivity index is 1.43. The van der Waals surface area contributed by atoms with Gasteiger partial charge in [-0.15, -0.1) is 0 Å². The van der Waals surface area contributed by atoms with E-state index in [1.165, 1.54) is 42.1 Å². The van der Waals surface area contributed by atoms with E-state index in [4.69, 9.17) is 11.6 Å². The Hall–Kier alpha value is -2.38. The van der Waals surface area contributed by atoms with Crippen LogP contribution in [0, 0.1) is 11.6 Å². The molecule has 0 atom stereocenters. The summed E-state index contributed by atoms with van der Waals surface area (Å²) in [4.78, 5) is 20.9. The molecule has 0 spiro atoms. The number of rotatable bonds is 2. The van der Waals surface area contributed by atoms with Crippen molar-refractivity contribution in [2.75, 3.05) is 31.1 Å². The summed E-state index contributed by atoms with van der Waals surface area (Å²) >= 11 is 7.27. The van der Waals surface area contributed by atoms with Crippen LogP contribution < -0.4 is 4.90 Å². The summed E-state index contributed by atoms with van der Waals surface area (Å²) < 4.78 is 27.1. The standard InChI is InChI=1S/C20H16ClF2N3OS/c21-16-2-1-3-17(23)15(16)12-18-19(27)24-20(28-18)26-10-8-25(9-11-26)14-6-4-13(22)5-7-14/h1-7,12H,8-11H2/b18-12-. The minimum Gasteiger partial charge on any atom is -0.368 e. The average Bonchev–Trinajstić information content (AvgIpc) is 3.06. The van der Waals surface area contributed by atoms with Crippen LogP contribution in [0.4, 0.5) is 14.5 Å². The highest BCUT2D eigenvalue weighted by Crippen LogP contribution is 2.33. The molecule has 144 valence electrons. The maximum atomic E-state index is 14.0. The molecule has 2 aromatic carbocycles. The van der Waals surface area contributed by atoms with Crippen molar-refractivity contribution < 1.29 is 13.6 Å². The van der Waals surface area contributed by atoms with Gasteiger partial charge in [-0.25, -0.2) is 8.78 Å². The Bertz CT molecular complexity index is 950. The van der Waals surface area contributed by atoms with Crippen molar-refractivity contribution in [2.45, 2.75) is 0 Å². The number of halogens is 3. The van der Waals surface area contributed by atoms with Gasteiger partial charge >= 0.3 is 0 Å². The van der Waals surface area contributed by atoms with Gasteiger partial charge in [0.25, 0.3) is 5.91 Å². The zero-order chi connectivity index (χ0) is 19.7. The number of amides is 1. The number of anilines is 1. The van der Waals surface area contributed by atoms with Crippen LogP contribution >= 0.6 is 23.4 Å². The fraction of sp³-hybridized carbons (Fsp3) is 0.200. The first-order valence-electron chi connectivity index (χ1n) is 8.73. The van der Waals surface area contributed by atoms with Crippen LogP contribution in [0.3, 0.4) is 0 Å². The summed E-state index contributed by atoms with van der Waals surface area (Å²) in [6.45, 7) is 2.84. The first-order valence-corrected chi connectivity index (χ1v) is 9.93. The molecule has 0 unspecified atom stereocenters. The lowest BCUT2D eigenvalue weighted by Crippen LogP contribution is -2.47. The SMILES string of the molecule is O=C1N=C(N2CCN(c3ccc(F)cc3)CC2)S/C1=C\c1c(F)cccc1Cl. The van der Waals surface area contributed by atoms with Crippen molar-refractivity contribution in [1.29, 1.82) is 0 Å². The van der Waals surface area contributed by atoms with Crippen molar-refractivity contribution in [3.63, 3.8) is 0 Å². The van der Waals surface area contributed by atoms with E-state index < -0.39 is 5.82 Å². The fourth-order valence-electron chi connectivity index (χ4n) is 3.12. The predicted octanol–water partition coefficient (Wildman–Crippen LogP) is 4.41. The van der Waals surface area contributed by atoms with Crippen LogP contribution in [0.2, 0.25) is 5.02 Å². The molecular weight excluding hydrogens is 404 g/mol. The van der Waals surface area contributed by atoms with Crippen LogP contribution in [0.1, 0.15) is 5.56 Å². The Kier molecular flexibility index (Phi) is 5.37. The second-order valence-corrected chi connectivity index (χ2v) is 7.81. The zero-order valence-corrected chi connectivity index (χ0v) is 16.3. The highest BCUT2D eigenvalue weighted by Gasteiger charge is 2.29. The van der Waals surface area contributed by atoms with E-state index in [1.807, 2.05) is 4.90 Å². The monoisotopic (exact) mass is 419 g/mol. The maximum Gasteiger partial charge on any atom is 0.286 e. The molecule has 0 aliphatic carbocycles. The number of nitrogens with zero attached hydrogens (tertiary/aromatic N) is 3. The third kappa shape index (κ3) is 3.91. The summed E-state index contributed by atoms with van der Waals surface area (Å²) in [6, 6.07) is 10.8. The number of thioether (sulfide) groups is 1. The van der Waals surface area contributed by atoms with Crippen LogP contribution in [-0.4, -0.2) is 42.2 Å². The van der Waals surface area contributed by atoms with E-state index in [1.54, 1.807) is 18.2 Å². The quantitative estimate of drug-likeness (QED) is 0.675. The lowest BCUT2D eigenvalue weighted by Gasteiger charge is -2.36. The van der Waals surface area contributed by atoms with E-state index in [-0.39, 0.29) is 22.3 Å². The molecule has 0 bridgehead atoms. The third-order valence-corrected chi connectivity index (χ3v) is 6.00. The molecule has 1 amide bonds. The average molecular weight is 420 g/mol. The van der Waals surface area contributed by atoms with Crippen LogP contribution in [0.5, 0.6) is 0 Å². The molecule has 1 saturated heterocycles. The minimum atomic E-state index is -0.477. The van der Waals surface area contributed by atoms with Crippen LogP contribution in [0.25, 0.3) is 6.08 Å². The van der Waals surface area contributed by atoms with Crippen molar-refractivity contribution in [1.82, 2.24) is 4.90 Å². The molecule has 1 fully saturated rings. The first-order chi connectivity index (χ1) is 13.5. The number of amidine groups is 1. The van der Waals surface area contributed by atoms with Gasteiger partial charge in [-0.2, -0.15) is 4.99 Å². The Labute approximate surface area is 170 Å². The number of benzene rings is 2. The van der Waals surface area contributed by atoms with Gasteiger partial charge in [0.1, 0.15) is 11.6 Å². The van der Waals surface area contributed by atoms with Gasteiger partial charge in [-0.3, -0.25) is 4.79 Å². The van der Waals surface area contributed by atoms with Gasteiger partial charge < -0.3 is 9.80 Å². The molecule has 0 saturated carbocycles. The minimum absolute atomic E-state index is 0.192. The second-order valence-electron chi connectivity index (χ2n) is 6.40. The van der Waals surface area contributed by atoms with E-state index in [2.05, 4.69) is 9.89 Å². The molecular formula is C20H16ClF2N3OS. The lowest BCUT2D eigenvalue weighted by molar-refractivity contribution is -0.113. The topological polar surface area (TPSA) is 35.9 Å². The third-order valence-electron chi connectivity index (χ3n) is 4.63. The predicted molar refractivity (Wildman–Crippen MR) is 110 cm³/mol. The van der Waals surface area contributed by atoms with Crippen molar-refractivity contribution in [3.05, 3.63) is 69.6 Å². The van der Waals surface area contributed by atoms with Gasteiger partial charge in [0.05, 0.1) is 9.93 Å². The fourth-order valence-corrected chi connectivity index (χ4v) is 4.29. The molecule has 28 heavy (non-hydrogen) atoms. The van der Waals surface area contributed by atoms with E-state index in [9.17, 15) is 13.6 Å². The van der Waals surface area contributed by atoms with Gasteiger partial charge in [0.2, 0.25) is 0 Å². The molecule has 2 heterocycles. The van der Waals surface area contributed by atoms with Crippen molar-refractivity contribution >= 4 is 46.2 Å². The van der Waals surface area contributed by atoms with Gasteiger partial charge in [0.15, 0.2) is 5.17 Å². The zero-order valence-electron chi connectivity index (χ0n) is 14.7. The molecule has 0 aromatic heterocycles. The number of hydrogen-bond donors (Lipinski definition) is 0. The molecule has 2 aliphatic heterocycles. The van der Waals surface area contributed by atoms with Crippen LogP contribution in [0.15, 0.2) is 52.4 Å². The summed E-state index contributed by atoms with van der Waals surface area (Å²) in [7, 11) is 0. The maximum absolute atomic E-state index is 14.0. The number of carbonyl (C=O) groups excluding carboxylic acids is 1. The summed E-state index contributed by atoms with van der Waals surface area (Å²) in [5.41, 5.74) is 1.16. The Morgan fingerprint density at radius 2 is 1.68 bits per heavy atom. The molecule has 4 rings (SSSR count). The summed E-state index contributed by atoms with van der Waals surface area (Å²) in [5.74, 6) is -1.12. The van der Waals surface area contributed by atoms with Crippen molar-refractivity contribution in [2.24, 2.45) is 4.99 Å². The summed E-state index contributed by atoms with van der Waals surface area (Å²) in [5, 5.41) is 0.865. The second kappa shape index (κ2) is 7.93. The number of aliphatic imine (C=N–C) groups is 1. The van der Waals surface area contributed by atoms with Gasteiger partial charge in [-0.05, 0) is 54.2 Å². The van der Waals surface area contributed by atoms with E-state index in [0.717, 1.165) is 18.8 Å². The number of hydrogen-bond acceptors (Lipinski definition) is 4. The highest BCUT2D eigenvalue weighted by molar-refractivity contribution is 8.18. The molecule has 4 nitrogen and oxygen atoms in total. The summed E-state index contributed by atoms with van der Waals surface area (Å²) in [6.07, 6.45) is 1.45. The lowest BCUT2D eigenvalue weighted by atomic mass is 10.2. The molecule has 2 aliphatic rings. The van der Waals surface area contributed by atoms with E-state index in [0.29, 0.717) is 23.2 Å². The molecule has 2 aromatic rings. The molecule has 8 heteroatoms. The van der Waals surface area contributed by atoms with Crippen LogP contribution in [-0.2, 0) is 4.79 Å². The molecule has 0 N–H and O–H groups in total. The number of carbonyl (C=O) groups is 1.